The molecule has 0 aliphatic heterocycles. The molecule has 3 N–H and O–H groups in total. The molecule has 0 aromatic rings. The molecule has 1 atom stereocenters. The van der Waals surface area contributed by atoms with E-state index >= 15 is 0 Å². The lowest BCUT2D eigenvalue weighted by Crippen LogP contribution is -2.33. The molecule has 0 aromatic carbocycles. The number of nitrogens with zero attached hydrogens (tertiary/aromatic N) is 2. The summed E-state index contributed by atoms with van der Waals surface area (Å²) in [5.41, 5.74) is 1.83. The number of nitrogens with two attached hydrogens (primary N) is 1. The summed E-state index contributed by atoms with van der Waals surface area (Å²) in [6.07, 6.45) is 0.692. The van der Waals surface area contributed by atoms with Gasteiger partial charge in [0.25, 0.3) is 0 Å². The lowest BCUT2D eigenvalue weighted by atomic mass is 10.2. The summed E-state index contributed by atoms with van der Waals surface area (Å²) in [5, 5.41) is 8.45. The third-order valence-corrected chi connectivity index (χ3v) is 1.98. The normalized spacial score (nSPS) is 12.2. The summed E-state index contributed by atoms with van der Waals surface area (Å²) in [6, 6.07) is 2.21. The zero-order valence-electron chi connectivity index (χ0n) is 8.49. The van der Waals surface area contributed by atoms with E-state index in [2.05, 4.69) is 10.9 Å². The molecular weight excluding hydrogens is 184 g/mol. The molecule has 14 heavy (non-hydrogen) atoms. The summed E-state index contributed by atoms with van der Waals surface area (Å²) in [7, 11) is 1.85. The average molecular weight is 200 g/mol. The second-order valence-corrected chi connectivity index (χ2v) is 3.03. The minimum atomic E-state index is -0.413. The highest BCUT2D eigenvalue weighted by molar-refractivity contribution is 5.69. The fourth-order valence-electron chi connectivity index (χ4n) is 0.893. The minimum absolute atomic E-state index is 0.138. The van der Waals surface area contributed by atoms with Gasteiger partial charge in [-0.1, -0.05) is 5.59 Å². The van der Waals surface area contributed by atoms with E-state index in [1.165, 1.54) is 0 Å². The molecular formula is C8H16N4O2. The van der Waals surface area contributed by atoms with Crippen molar-refractivity contribution in [2.75, 3.05) is 13.6 Å². The van der Waals surface area contributed by atoms with Crippen molar-refractivity contribution < 1.29 is 9.63 Å². The molecule has 0 aromatic heterocycles. The van der Waals surface area contributed by atoms with Gasteiger partial charge in [0.1, 0.15) is 0 Å². The van der Waals surface area contributed by atoms with Crippen molar-refractivity contribution in [3.8, 4) is 6.07 Å². The molecule has 0 fully saturated rings. The van der Waals surface area contributed by atoms with E-state index in [0.717, 1.165) is 0 Å². The van der Waals surface area contributed by atoms with Crippen LogP contribution in [0.25, 0.3) is 0 Å². The Balaban J connectivity index is 3.68. The number of hydrogen-bond donors (Lipinski definition) is 2. The minimum Gasteiger partial charge on any atom is -0.356 e. The van der Waals surface area contributed by atoms with Crippen LogP contribution in [0.4, 0.5) is 0 Å². The highest BCUT2D eigenvalue weighted by Crippen LogP contribution is 2.00. The molecule has 0 saturated carbocycles. The van der Waals surface area contributed by atoms with Crippen molar-refractivity contribution in [2.24, 2.45) is 5.84 Å². The van der Waals surface area contributed by atoms with E-state index in [1.807, 2.05) is 24.5 Å². The van der Waals surface area contributed by atoms with Crippen molar-refractivity contribution >= 4 is 5.97 Å². The van der Waals surface area contributed by atoms with Gasteiger partial charge in [-0.3, -0.25) is 4.79 Å². The van der Waals surface area contributed by atoms with E-state index < -0.39 is 5.97 Å². The van der Waals surface area contributed by atoms with Crippen molar-refractivity contribution in [3.63, 3.8) is 0 Å². The maximum atomic E-state index is 10.9. The van der Waals surface area contributed by atoms with Crippen LogP contribution in [0.15, 0.2) is 0 Å². The molecule has 0 amide bonds. The molecule has 0 rings (SSSR count). The van der Waals surface area contributed by atoms with Gasteiger partial charge >= 0.3 is 5.97 Å². The monoisotopic (exact) mass is 200 g/mol. The molecule has 0 aliphatic rings. The predicted octanol–water partition coefficient (Wildman–Crippen LogP) is -0.468. The van der Waals surface area contributed by atoms with Crippen LogP contribution >= 0.6 is 0 Å². The van der Waals surface area contributed by atoms with Crippen LogP contribution in [0, 0.1) is 11.3 Å². The van der Waals surface area contributed by atoms with Gasteiger partial charge in [0.15, 0.2) is 0 Å². The number of hydrogen-bond acceptors (Lipinski definition) is 6. The van der Waals surface area contributed by atoms with E-state index in [4.69, 9.17) is 11.1 Å². The maximum Gasteiger partial charge on any atom is 0.327 e. The summed E-state index contributed by atoms with van der Waals surface area (Å²) in [4.78, 5) is 17.1. The molecule has 0 saturated heterocycles. The van der Waals surface area contributed by atoms with E-state index in [9.17, 15) is 4.79 Å². The van der Waals surface area contributed by atoms with Crippen LogP contribution in [-0.2, 0) is 9.63 Å². The lowest BCUT2D eigenvalue weighted by molar-refractivity contribution is -0.151. The van der Waals surface area contributed by atoms with Gasteiger partial charge in [0.05, 0.1) is 18.9 Å². The number of rotatable bonds is 6. The van der Waals surface area contributed by atoms with Gasteiger partial charge in [-0.25, -0.2) is 5.84 Å². The molecule has 6 nitrogen and oxygen atoms in total. The number of carbonyl (C=O) groups excluding carboxylic acids is 1. The maximum absolute atomic E-state index is 10.9. The molecule has 80 valence electrons. The fourth-order valence-corrected chi connectivity index (χ4v) is 0.893. The van der Waals surface area contributed by atoms with Crippen LogP contribution in [0.1, 0.15) is 19.8 Å². The average Bonchev–Trinajstić information content (AvgIpc) is 2.15. The number of carbonyl (C=O) groups is 1. The van der Waals surface area contributed by atoms with Crippen LogP contribution in [0.3, 0.4) is 0 Å². The van der Waals surface area contributed by atoms with Gasteiger partial charge in [0, 0.05) is 12.6 Å². The molecule has 1 unspecified atom stereocenters. The smallest absolute Gasteiger partial charge is 0.327 e. The SMILES string of the molecule is CC(CC#N)N(C)CCC(=O)ONN. The first-order valence-corrected chi connectivity index (χ1v) is 4.34. The van der Waals surface area contributed by atoms with E-state index in [-0.39, 0.29) is 12.5 Å². The van der Waals surface area contributed by atoms with Crippen molar-refractivity contribution in [1.29, 1.82) is 5.26 Å². The molecule has 0 heterocycles. The first kappa shape index (κ1) is 12.8. The number of hydrazine groups is 1. The molecule has 0 radical (unpaired) electrons. The van der Waals surface area contributed by atoms with Gasteiger partial charge < -0.3 is 9.74 Å². The second kappa shape index (κ2) is 7.26. The molecule has 0 bridgehead atoms. The van der Waals surface area contributed by atoms with Crippen LogP contribution in [0.5, 0.6) is 0 Å². The predicted molar refractivity (Wildman–Crippen MR) is 50.4 cm³/mol. The summed E-state index contributed by atoms with van der Waals surface area (Å²) >= 11 is 0. The Kier molecular flexibility index (Phi) is 6.66. The second-order valence-electron chi connectivity index (χ2n) is 3.03. The van der Waals surface area contributed by atoms with Crippen LogP contribution < -0.4 is 11.4 Å². The van der Waals surface area contributed by atoms with Crippen LogP contribution in [0.2, 0.25) is 0 Å². The van der Waals surface area contributed by atoms with Crippen LogP contribution in [-0.4, -0.2) is 30.5 Å². The quantitative estimate of drug-likeness (QED) is 0.445. The van der Waals surface area contributed by atoms with Crippen molar-refractivity contribution in [3.05, 3.63) is 0 Å². The first-order chi connectivity index (χ1) is 6.61. The summed E-state index contributed by atoms with van der Waals surface area (Å²) in [6.45, 7) is 2.47. The van der Waals surface area contributed by atoms with E-state index in [1.54, 1.807) is 0 Å². The molecule has 6 heteroatoms. The van der Waals surface area contributed by atoms with Gasteiger partial charge in [-0.2, -0.15) is 5.26 Å². The highest BCUT2D eigenvalue weighted by Gasteiger charge is 2.10. The van der Waals surface area contributed by atoms with Gasteiger partial charge in [0.2, 0.25) is 0 Å². The highest BCUT2D eigenvalue weighted by atomic mass is 16.7. The number of nitrogens with one attached hydrogen (secondary N) is 1. The van der Waals surface area contributed by atoms with Gasteiger partial charge in [-0.15, -0.1) is 0 Å². The third-order valence-electron chi connectivity index (χ3n) is 1.98. The lowest BCUT2D eigenvalue weighted by Gasteiger charge is -2.21. The fraction of sp³-hybridized carbons (Fsp3) is 0.750. The first-order valence-electron chi connectivity index (χ1n) is 4.34. The number of nitriles is 1. The zero-order chi connectivity index (χ0) is 11.0. The zero-order valence-corrected chi connectivity index (χ0v) is 8.49. The van der Waals surface area contributed by atoms with E-state index in [0.29, 0.717) is 13.0 Å². The third kappa shape index (κ3) is 5.48. The Morgan fingerprint density at radius 2 is 2.43 bits per heavy atom. The standard InChI is InChI=1S/C8H16N4O2/c1-7(3-5-9)12(2)6-4-8(13)14-11-10/h7,11H,3-4,6,10H2,1-2H3. The summed E-state index contributed by atoms with van der Waals surface area (Å²) in [5.74, 6) is 4.38. The Hall–Kier alpha value is -1.16. The topological polar surface area (TPSA) is 91.4 Å². The Morgan fingerprint density at radius 1 is 1.79 bits per heavy atom. The Morgan fingerprint density at radius 3 is 2.93 bits per heavy atom. The Bertz CT molecular complexity index is 214. The largest absolute Gasteiger partial charge is 0.356 e. The Labute approximate surface area is 83.5 Å². The molecule has 0 aliphatic carbocycles. The molecule has 0 spiro atoms. The van der Waals surface area contributed by atoms with Gasteiger partial charge in [-0.05, 0) is 14.0 Å². The van der Waals surface area contributed by atoms with Crippen molar-refractivity contribution in [2.45, 2.75) is 25.8 Å². The van der Waals surface area contributed by atoms with Crippen molar-refractivity contribution in [1.82, 2.24) is 10.5 Å². The summed E-state index contributed by atoms with van der Waals surface area (Å²) < 4.78 is 0.